The van der Waals surface area contributed by atoms with Crippen LogP contribution in [-0.4, -0.2) is 17.7 Å². The standard InChI is InChI=1S/C24H23NO4S/c1-16-8-11-19(12-9-16)25-24(28)23(18-6-4-3-5-7-18)29-22(27)15-13-20(26)21-14-10-17(2)30-21/h3-12,14,23H,13,15H2,1-2H3,(H,25,28)/t23-/m0/s1. The van der Waals surface area contributed by atoms with Crippen LogP contribution >= 0.6 is 11.3 Å². The molecule has 0 unspecified atom stereocenters. The highest BCUT2D eigenvalue weighted by Gasteiger charge is 2.25. The van der Waals surface area contributed by atoms with E-state index in [9.17, 15) is 14.4 Å². The van der Waals surface area contributed by atoms with Crippen molar-refractivity contribution in [3.8, 4) is 0 Å². The average Bonchev–Trinajstić information content (AvgIpc) is 3.19. The zero-order valence-corrected chi connectivity index (χ0v) is 17.7. The van der Waals surface area contributed by atoms with Crippen molar-refractivity contribution in [1.82, 2.24) is 0 Å². The fraction of sp³-hybridized carbons (Fsp3) is 0.208. The Kier molecular flexibility index (Phi) is 7.14. The van der Waals surface area contributed by atoms with E-state index in [4.69, 9.17) is 4.74 Å². The molecule has 1 N–H and O–H groups in total. The van der Waals surface area contributed by atoms with Gasteiger partial charge in [-0.15, -0.1) is 11.3 Å². The van der Waals surface area contributed by atoms with Crippen molar-refractivity contribution in [2.45, 2.75) is 32.8 Å². The minimum atomic E-state index is -1.10. The summed E-state index contributed by atoms with van der Waals surface area (Å²) in [5.74, 6) is -1.14. The van der Waals surface area contributed by atoms with Crippen molar-refractivity contribution in [2.75, 3.05) is 5.32 Å². The Bertz CT molecular complexity index is 1020. The molecule has 1 amide bonds. The van der Waals surface area contributed by atoms with Gasteiger partial charge in [0, 0.05) is 22.5 Å². The van der Waals surface area contributed by atoms with Crippen molar-refractivity contribution in [2.24, 2.45) is 0 Å². The Morgan fingerprint density at radius 2 is 1.60 bits per heavy atom. The normalized spacial score (nSPS) is 11.5. The molecule has 0 aliphatic heterocycles. The van der Waals surface area contributed by atoms with E-state index >= 15 is 0 Å². The SMILES string of the molecule is Cc1ccc(NC(=O)[C@@H](OC(=O)CCC(=O)c2ccc(C)s2)c2ccccc2)cc1. The van der Waals surface area contributed by atoms with Gasteiger partial charge in [0.05, 0.1) is 11.3 Å². The number of Topliss-reactive ketones (excluding diaryl/α,β-unsaturated/α-hetero) is 1. The molecule has 3 rings (SSSR count). The second-order valence-corrected chi connectivity index (χ2v) is 8.26. The molecule has 154 valence electrons. The molecule has 0 saturated carbocycles. The van der Waals surface area contributed by atoms with Gasteiger partial charge in [0.2, 0.25) is 6.10 Å². The van der Waals surface area contributed by atoms with Crippen LogP contribution in [-0.2, 0) is 14.3 Å². The Labute approximate surface area is 179 Å². The van der Waals surface area contributed by atoms with E-state index in [0.29, 0.717) is 16.1 Å². The van der Waals surface area contributed by atoms with Crippen LogP contribution in [0.1, 0.15) is 44.6 Å². The summed E-state index contributed by atoms with van der Waals surface area (Å²) in [4.78, 5) is 39.2. The Hall–Kier alpha value is -3.25. The van der Waals surface area contributed by atoms with E-state index in [1.165, 1.54) is 11.3 Å². The molecule has 2 aromatic carbocycles. The fourth-order valence-corrected chi connectivity index (χ4v) is 3.69. The number of benzene rings is 2. The fourth-order valence-electron chi connectivity index (χ4n) is 2.86. The van der Waals surface area contributed by atoms with Gasteiger partial charge in [-0.2, -0.15) is 0 Å². The first-order chi connectivity index (χ1) is 14.4. The van der Waals surface area contributed by atoms with Crippen LogP contribution in [0.4, 0.5) is 5.69 Å². The van der Waals surface area contributed by atoms with Crippen molar-refractivity contribution >= 4 is 34.7 Å². The van der Waals surface area contributed by atoms with E-state index in [0.717, 1.165) is 10.4 Å². The van der Waals surface area contributed by atoms with Crippen LogP contribution in [0.25, 0.3) is 0 Å². The number of ketones is 1. The second-order valence-electron chi connectivity index (χ2n) is 6.97. The summed E-state index contributed by atoms with van der Waals surface area (Å²) in [7, 11) is 0. The van der Waals surface area contributed by atoms with Crippen LogP contribution in [0.2, 0.25) is 0 Å². The molecule has 1 atom stereocenters. The first-order valence-electron chi connectivity index (χ1n) is 9.64. The first-order valence-corrected chi connectivity index (χ1v) is 10.5. The zero-order valence-electron chi connectivity index (χ0n) is 16.9. The number of hydrogen-bond acceptors (Lipinski definition) is 5. The van der Waals surface area contributed by atoms with Crippen LogP contribution < -0.4 is 5.32 Å². The van der Waals surface area contributed by atoms with E-state index < -0.39 is 18.0 Å². The smallest absolute Gasteiger partial charge is 0.307 e. The molecule has 1 heterocycles. The summed E-state index contributed by atoms with van der Waals surface area (Å²) in [5, 5.41) is 2.79. The molecule has 5 nitrogen and oxygen atoms in total. The predicted octanol–water partition coefficient (Wildman–Crippen LogP) is 5.25. The molecular formula is C24H23NO4S. The van der Waals surface area contributed by atoms with Gasteiger partial charge < -0.3 is 10.1 Å². The number of ether oxygens (including phenoxy) is 1. The summed E-state index contributed by atoms with van der Waals surface area (Å²) in [5.41, 5.74) is 2.26. The summed E-state index contributed by atoms with van der Waals surface area (Å²) < 4.78 is 5.49. The minimum Gasteiger partial charge on any atom is -0.447 e. The second kappa shape index (κ2) is 9.98. The Morgan fingerprint density at radius 3 is 2.23 bits per heavy atom. The molecular weight excluding hydrogens is 398 g/mol. The quantitative estimate of drug-likeness (QED) is 0.398. The van der Waals surface area contributed by atoms with Gasteiger partial charge in [0.1, 0.15) is 0 Å². The Balaban J connectivity index is 1.66. The van der Waals surface area contributed by atoms with E-state index in [1.807, 2.05) is 38.1 Å². The summed E-state index contributed by atoms with van der Waals surface area (Å²) in [6, 6.07) is 19.8. The molecule has 1 aromatic heterocycles. The number of hydrogen-bond donors (Lipinski definition) is 1. The lowest BCUT2D eigenvalue weighted by Crippen LogP contribution is -2.26. The number of carbonyl (C=O) groups excluding carboxylic acids is 3. The molecule has 0 spiro atoms. The number of carbonyl (C=O) groups is 3. The molecule has 0 fully saturated rings. The summed E-state index contributed by atoms with van der Waals surface area (Å²) >= 11 is 1.40. The molecule has 0 aliphatic rings. The third-order valence-electron chi connectivity index (χ3n) is 4.48. The third-order valence-corrected chi connectivity index (χ3v) is 5.52. The topological polar surface area (TPSA) is 72.5 Å². The van der Waals surface area contributed by atoms with Crippen molar-refractivity contribution in [3.05, 3.63) is 87.6 Å². The van der Waals surface area contributed by atoms with Gasteiger partial charge in [-0.05, 0) is 38.1 Å². The van der Waals surface area contributed by atoms with Crippen LogP contribution in [0.3, 0.4) is 0 Å². The average molecular weight is 422 g/mol. The van der Waals surface area contributed by atoms with Crippen molar-refractivity contribution in [3.63, 3.8) is 0 Å². The highest BCUT2D eigenvalue weighted by atomic mass is 32.1. The van der Waals surface area contributed by atoms with Gasteiger partial charge in [-0.25, -0.2) is 0 Å². The molecule has 0 radical (unpaired) electrons. The first kappa shape index (κ1) is 21.5. The molecule has 3 aromatic rings. The number of rotatable bonds is 8. The lowest BCUT2D eigenvalue weighted by atomic mass is 10.1. The zero-order chi connectivity index (χ0) is 21.5. The third kappa shape index (κ3) is 5.87. The maximum absolute atomic E-state index is 12.8. The maximum atomic E-state index is 12.8. The summed E-state index contributed by atoms with van der Waals surface area (Å²) in [6.45, 7) is 3.88. The highest BCUT2D eigenvalue weighted by Crippen LogP contribution is 2.22. The van der Waals surface area contributed by atoms with Crippen molar-refractivity contribution < 1.29 is 19.1 Å². The number of aryl methyl sites for hydroxylation is 2. The van der Waals surface area contributed by atoms with E-state index in [1.54, 1.807) is 42.5 Å². The van der Waals surface area contributed by atoms with Gasteiger partial charge in [0.25, 0.3) is 5.91 Å². The molecule has 0 saturated heterocycles. The molecule has 0 aliphatic carbocycles. The largest absolute Gasteiger partial charge is 0.447 e. The Morgan fingerprint density at radius 1 is 0.900 bits per heavy atom. The van der Waals surface area contributed by atoms with Crippen LogP contribution in [0.5, 0.6) is 0 Å². The van der Waals surface area contributed by atoms with Gasteiger partial charge in [0.15, 0.2) is 5.78 Å². The van der Waals surface area contributed by atoms with Crippen LogP contribution in [0.15, 0.2) is 66.7 Å². The predicted molar refractivity (Wildman–Crippen MR) is 118 cm³/mol. The molecule has 0 bridgehead atoms. The number of esters is 1. The van der Waals surface area contributed by atoms with E-state index in [2.05, 4.69) is 5.32 Å². The monoisotopic (exact) mass is 421 g/mol. The van der Waals surface area contributed by atoms with Crippen LogP contribution in [0, 0.1) is 13.8 Å². The van der Waals surface area contributed by atoms with Gasteiger partial charge in [-0.1, -0.05) is 48.0 Å². The lowest BCUT2D eigenvalue weighted by molar-refractivity contribution is -0.154. The number of anilines is 1. The van der Waals surface area contributed by atoms with Crippen molar-refractivity contribution in [1.29, 1.82) is 0 Å². The highest BCUT2D eigenvalue weighted by molar-refractivity contribution is 7.14. The number of amides is 1. The molecule has 6 heteroatoms. The molecule has 30 heavy (non-hydrogen) atoms. The lowest BCUT2D eigenvalue weighted by Gasteiger charge is -2.18. The number of nitrogens with one attached hydrogen (secondary N) is 1. The maximum Gasteiger partial charge on any atom is 0.307 e. The minimum absolute atomic E-state index is 0.0415. The summed E-state index contributed by atoms with van der Waals surface area (Å²) in [6.07, 6.45) is -1.14. The van der Waals surface area contributed by atoms with Gasteiger partial charge in [-0.3, -0.25) is 14.4 Å². The van der Waals surface area contributed by atoms with Gasteiger partial charge >= 0.3 is 5.97 Å². The van der Waals surface area contributed by atoms with E-state index in [-0.39, 0.29) is 18.6 Å². The number of thiophene rings is 1.